The maximum absolute atomic E-state index is 13.0. The zero-order valence-electron chi connectivity index (χ0n) is 13.7. The van der Waals surface area contributed by atoms with E-state index in [0.29, 0.717) is 5.82 Å². The molecule has 0 bridgehead atoms. The lowest BCUT2D eigenvalue weighted by atomic mass is 10.2. The van der Waals surface area contributed by atoms with E-state index in [9.17, 15) is 23.3 Å². The molecule has 1 aromatic carbocycles. The summed E-state index contributed by atoms with van der Waals surface area (Å²) in [4.78, 5) is 22.4. The normalized spacial score (nSPS) is 11.1. The SMILES string of the molecule is O=[N+]([O-])c1c(Nc2ccc(Cl)c(C(F)(F)F)c2)ncnc1Nc1ccccn1. The second kappa shape index (κ2) is 7.64. The molecule has 0 atom stereocenters. The fourth-order valence-electron chi connectivity index (χ4n) is 2.25. The summed E-state index contributed by atoms with van der Waals surface area (Å²) in [6.07, 6.45) is -2.18. The summed E-state index contributed by atoms with van der Waals surface area (Å²) in [7, 11) is 0. The van der Waals surface area contributed by atoms with Gasteiger partial charge in [0.1, 0.15) is 12.1 Å². The molecule has 0 unspecified atom stereocenters. The second-order valence-corrected chi connectivity index (χ2v) is 5.74. The Hall–Kier alpha value is -3.47. The lowest BCUT2D eigenvalue weighted by Gasteiger charge is -2.13. The first-order valence-electron chi connectivity index (χ1n) is 7.57. The van der Waals surface area contributed by atoms with Gasteiger partial charge in [0, 0.05) is 11.9 Å². The van der Waals surface area contributed by atoms with E-state index in [1.807, 2.05) is 0 Å². The third-order valence-corrected chi connectivity index (χ3v) is 3.78. The van der Waals surface area contributed by atoms with Crippen molar-refractivity contribution >= 4 is 40.4 Å². The van der Waals surface area contributed by atoms with Crippen molar-refractivity contribution in [2.24, 2.45) is 0 Å². The summed E-state index contributed by atoms with van der Waals surface area (Å²) in [5.41, 5.74) is -1.72. The molecule has 144 valence electrons. The molecule has 0 saturated heterocycles. The average molecular weight is 411 g/mol. The minimum Gasteiger partial charge on any atom is -0.334 e. The van der Waals surface area contributed by atoms with Crippen molar-refractivity contribution in [2.45, 2.75) is 6.18 Å². The lowest BCUT2D eigenvalue weighted by molar-refractivity contribution is -0.383. The molecule has 0 aliphatic carbocycles. The smallest absolute Gasteiger partial charge is 0.334 e. The largest absolute Gasteiger partial charge is 0.417 e. The molecule has 12 heteroatoms. The number of hydrogen-bond donors (Lipinski definition) is 2. The number of aromatic nitrogens is 3. The second-order valence-electron chi connectivity index (χ2n) is 5.33. The lowest BCUT2D eigenvalue weighted by Crippen LogP contribution is -2.08. The van der Waals surface area contributed by atoms with Gasteiger partial charge in [0.05, 0.1) is 15.5 Å². The Labute approximate surface area is 160 Å². The molecule has 2 aromatic heterocycles. The molecule has 0 aliphatic heterocycles. The highest BCUT2D eigenvalue weighted by molar-refractivity contribution is 6.31. The fourth-order valence-corrected chi connectivity index (χ4v) is 2.47. The molecule has 28 heavy (non-hydrogen) atoms. The van der Waals surface area contributed by atoms with Crippen LogP contribution in [0.15, 0.2) is 48.9 Å². The van der Waals surface area contributed by atoms with Crippen molar-refractivity contribution in [3.05, 3.63) is 69.6 Å². The van der Waals surface area contributed by atoms with E-state index >= 15 is 0 Å². The van der Waals surface area contributed by atoms with Crippen molar-refractivity contribution in [1.29, 1.82) is 0 Å². The first kappa shape index (κ1) is 19.3. The summed E-state index contributed by atoms with van der Waals surface area (Å²) >= 11 is 5.58. The molecule has 3 rings (SSSR count). The number of hydrogen-bond acceptors (Lipinski definition) is 7. The minimum absolute atomic E-state index is 0.0812. The van der Waals surface area contributed by atoms with Crippen molar-refractivity contribution in [3.63, 3.8) is 0 Å². The van der Waals surface area contributed by atoms with Gasteiger partial charge in [0.25, 0.3) is 0 Å². The summed E-state index contributed by atoms with van der Waals surface area (Å²) < 4.78 is 39.1. The van der Waals surface area contributed by atoms with Crippen molar-refractivity contribution in [2.75, 3.05) is 10.6 Å². The fraction of sp³-hybridized carbons (Fsp3) is 0.0625. The van der Waals surface area contributed by atoms with Crippen LogP contribution in [0.2, 0.25) is 5.02 Å². The number of rotatable bonds is 5. The van der Waals surface area contributed by atoms with Gasteiger partial charge in [0.15, 0.2) is 0 Å². The van der Waals surface area contributed by atoms with Crippen LogP contribution in [0.5, 0.6) is 0 Å². The average Bonchev–Trinajstić information content (AvgIpc) is 2.63. The van der Waals surface area contributed by atoms with Crippen LogP contribution in [0, 0.1) is 10.1 Å². The standard InChI is InChI=1S/C16H10ClF3N6O2/c17-11-5-4-9(7-10(11)16(18,19)20)24-14-13(26(27)28)15(23-8-22-14)25-12-3-1-2-6-21-12/h1-8H,(H2,21,22,23,24,25). The molecule has 2 N–H and O–H groups in total. The van der Waals surface area contributed by atoms with E-state index in [1.54, 1.807) is 18.2 Å². The molecular formula is C16H10ClF3N6O2. The molecule has 0 amide bonds. The van der Waals surface area contributed by atoms with Crippen LogP contribution in [0.4, 0.5) is 42.0 Å². The number of benzene rings is 1. The van der Waals surface area contributed by atoms with Gasteiger partial charge in [-0.25, -0.2) is 15.0 Å². The van der Waals surface area contributed by atoms with Gasteiger partial charge in [-0.1, -0.05) is 17.7 Å². The van der Waals surface area contributed by atoms with Gasteiger partial charge >= 0.3 is 11.9 Å². The Balaban J connectivity index is 1.99. The molecule has 0 radical (unpaired) electrons. The number of halogens is 4. The van der Waals surface area contributed by atoms with E-state index in [0.717, 1.165) is 18.5 Å². The van der Waals surface area contributed by atoms with Gasteiger partial charge in [-0.15, -0.1) is 0 Å². The van der Waals surface area contributed by atoms with Crippen molar-refractivity contribution in [3.8, 4) is 0 Å². The predicted octanol–water partition coefficient (Wildman–Crippen LogP) is 4.94. The summed E-state index contributed by atoms with van der Waals surface area (Å²) in [6, 6.07) is 7.90. The van der Waals surface area contributed by atoms with Crippen LogP contribution in [0.25, 0.3) is 0 Å². The summed E-state index contributed by atoms with van der Waals surface area (Å²) in [5, 5.41) is 16.2. The quantitative estimate of drug-likeness (QED) is 0.453. The van der Waals surface area contributed by atoms with E-state index in [-0.39, 0.29) is 17.3 Å². The van der Waals surface area contributed by atoms with Gasteiger partial charge < -0.3 is 10.6 Å². The molecule has 0 fully saturated rings. The Morgan fingerprint density at radius 1 is 1.04 bits per heavy atom. The predicted molar refractivity (Wildman–Crippen MR) is 95.9 cm³/mol. The highest BCUT2D eigenvalue weighted by Crippen LogP contribution is 2.38. The third-order valence-electron chi connectivity index (χ3n) is 3.45. The van der Waals surface area contributed by atoms with Gasteiger partial charge in [-0.2, -0.15) is 13.2 Å². The van der Waals surface area contributed by atoms with Crippen LogP contribution in [0.3, 0.4) is 0 Å². The highest BCUT2D eigenvalue weighted by atomic mass is 35.5. The Kier molecular flexibility index (Phi) is 5.27. The molecule has 3 aromatic rings. The van der Waals surface area contributed by atoms with Crippen LogP contribution in [0.1, 0.15) is 5.56 Å². The summed E-state index contributed by atoms with van der Waals surface area (Å²) in [6.45, 7) is 0. The zero-order valence-corrected chi connectivity index (χ0v) is 14.5. The number of nitro groups is 1. The number of pyridine rings is 1. The number of nitrogens with one attached hydrogen (secondary N) is 2. The maximum Gasteiger partial charge on any atom is 0.417 e. The number of alkyl halides is 3. The van der Waals surface area contributed by atoms with Crippen molar-refractivity contribution < 1.29 is 18.1 Å². The molecule has 0 aliphatic rings. The molecular weight excluding hydrogens is 401 g/mol. The number of nitrogens with zero attached hydrogens (tertiary/aromatic N) is 4. The van der Waals surface area contributed by atoms with E-state index in [2.05, 4.69) is 25.6 Å². The van der Waals surface area contributed by atoms with Gasteiger partial charge in [-0.3, -0.25) is 10.1 Å². The Bertz CT molecular complexity index is 1020. The first-order chi connectivity index (χ1) is 13.3. The number of anilines is 4. The molecule has 2 heterocycles. The highest BCUT2D eigenvalue weighted by Gasteiger charge is 2.33. The molecule has 0 saturated carbocycles. The molecule has 0 spiro atoms. The van der Waals surface area contributed by atoms with Crippen LogP contribution >= 0.6 is 11.6 Å². The van der Waals surface area contributed by atoms with E-state index in [4.69, 9.17) is 11.6 Å². The summed E-state index contributed by atoms with van der Waals surface area (Å²) in [5.74, 6) is -0.179. The Morgan fingerprint density at radius 2 is 1.75 bits per heavy atom. The minimum atomic E-state index is -4.68. The van der Waals surface area contributed by atoms with Crippen molar-refractivity contribution in [1.82, 2.24) is 15.0 Å². The van der Waals surface area contributed by atoms with Gasteiger partial charge in [-0.05, 0) is 30.3 Å². The Morgan fingerprint density at radius 3 is 2.36 bits per heavy atom. The van der Waals surface area contributed by atoms with Crippen LogP contribution in [-0.4, -0.2) is 19.9 Å². The topological polar surface area (TPSA) is 106 Å². The third kappa shape index (κ3) is 4.26. The van der Waals surface area contributed by atoms with E-state index < -0.39 is 27.4 Å². The maximum atomic E-state index is 13.0. The van der Waals surface area contributed by atoms with Gasteiger partial charge in [0.2, 0.25) is 11.6 Å². The van der Waals surface area contributed by atoms with E-state index in [1.165, 1.54) is 12.3 Å². The first-order valence-corrected chi connectivity index (χ1v) is 7.94. The van der Waals surface area contributed by atoms with Crippen LogP contribution < -0.4 is 10.6 Å². The van der Waals surface area contributed by atoms with Crippen LogP contribution in [-0.2, 0) is 6.18 Å². The monoisotopic (exact) mass is 410 g/mol. The zero-order chi connectivity index (χ0) is 20.3. The molecule has 8 nitrogen and oxygen atoms in total.